The van der Waals surface area contributed by atoms with E-state index in [2.05, 4.69) is 51.2 Å². The summed E-state index contributed by atoms with van der Waals surface area (Å²) in [6.07, 6.45) is -0.336. The number of benzene rings is 2. The number of carbonyl (C=O) groups excluding carboxylic acids is 1. The third-order valence-corrected chi connectivity index (χ3v) is 6.38. The number of ether oxygens (including phenoxy) is 2. The maximum atomic E-state index is 13.7. The van der Waals surface area contributed by atoms with Gasteiger partial charge in [-0.3, -0.25) is 10.2 Å². The number of nitrogens with zero attached hydrogens (tertiary/aromatic N) is 2. The largest absolute Gasteiger partial charge is 0.378 e. The topological polar surface area (TPSA) is 54.0 Å². The van der Waals surface area contributed by atoms with Crippen LogP contribution in [-0.2, 0) is 15.4 Å². The lowest BCUT2D eigenvalue weighted by molar-refractivity contribution is -0.196. The monoisotopic (exact) mass is 453 g/mol. The Labute approximate surface area is 198 Å². The van der Waals surface area contributed by atoms with Gasteiger partial charge < -0.3 is 14.4 Å². The molecule has 1 heterocycles. The van der Waals surface area contributed by atoms with Gasteiger partial charge >= 0.3 is 6.03 Å². The summed E-state index contributed by atoms with van der Waals surface area (Å²) in [5.41, 5.74) is 5.03. The average molecular weight is 454 g/mol. The molecule has 0 radical (unpaired) electrons. The second-order valence-corrected chi connectivity index (χ2v) is 9.79. The number of urea groups is 1. The van der Waals surface area contributed by atoms with Crippen LogP contribution in [0.2, 0.25) is 0 Å². The number of anilines is 2. The second-order valence-electron chi connectivity index (χ2n) is 9.79. The molecule has 33 heavy (non-hydrogen) atoms. The standard InChI is InChI=1S/C27H39N3O3/c1-17(2)23-11-10-12-24(18(3)4)25(23)30(9)26(31)28-27(32-19(5)20(6)33-27)21-13-15-22(16-14-21)29(7)8/h10-20H,1-9H3,(H,28,31). The van der Waals surface area contributed by atoms with E-state index in [0.29, 0.717) is 0 Å². The lowest BCUT2D eigenvalue weighted by Crippen LogP contribution is -2.52. The molecule has 1 saturated heterocycles. The van der Waals surface area contributed by atoms with Gasteiger partial charge in [0.2, 0.25) is 0 Å². The number of hydrogen-bond donors (Lipinski definition) is 1. The van der Waals surface area contributed by atoms with E-state index in [-0.39, 0.29) is 30.1 Å². The number of rotatable bonds is 6. The van der Waals surface area contributed by atoms with Crippen LogP contribution in [0.5, 0.6) is 0 Å². The van der Waals surface area contributed by atoms with Crippen LogP contribution < -0.4 is 15.1 Å². The molecule has 0 bridgehead atoms. The van der Waals surface area contributed by atoms with Gasteiger partial charge in [-0.05, 0) is 61.1 Å². The van der Waals surface area contributed by atoms with E-state index in [1.165, 1.54) is 0 Å². The summed E-state index contributed by atoms with van der Waals surface area (Å²) in [5.74, 6) is -0.791. The fourth-order valence-corrected chi connectivity index (χ4v) is 4.21. The summed E-state index contributed by atoms with van der Waals surface area (Å²) >= 11 is 0. The van der Waals surface area contributed by atoms with Crippen molar-refractivity contribution in [2.24, 2.45) is 0 Å². The summed E-state index contributed by atoms with van der Waals surface area (Å²) in [5, 5.41) is 3.08. The summed E-state index contributed by atoms with van der Waals surface area (Å²) < 4.78 is 12.5. The van der Waals surface area contributed by atoms with E-state index in [1.807, 2.05) is 64.2 Å². The molecule has 180 valence electrons. The van der Waals surface area contributed by atoms with Gasteiger partial charge in [-0.15, -0.1) is 0 Å². The first-order valence-corrected chi connectivity index (χ1v) is 11.8. The lowest BCUT2D eigenvalue weighted by Gasteiger charge is -2.33. The number of nitrogens with one attached hydrogen (secondary N) is 1. The van der Waals surface area contributed by atoms with Crippen molar-refractivity contribution in [2.75, 3.05) is 30.9 Å². The molecule has 2 unspecified atom stereocenters. The van der Waals surface area contributed by atoms with Crippen molar-refractivity contribution < 1.29 is 14.3 Å². The first kappa shape index (κ1) is 25.1. The zero-order chi connectivity index (χ0) is 24.5. The highest BCUT2D eigenvalue weighted by Gasteiger charge is 2.48. The molecule has 6 heteroatoms. The van der Waals surface area contributed by atoms with Gasteiger partial charge in [0.25, 0.3) is 5.91 Å². The van der Waals surface area contributed by atoms with E-state index in [9.17, 15) is 4.79 Å². The molecule has 0 aliphatic carbocycles. The molecular formula is C27H39N3O3. The Morgan fingerprint density at radius 1 is 0.879 bits per heavy atom. The van der Waals surface area contributed by atoms with E-state index >= 15 is 0 Å². The van der Waals surface area contributed by atoms with Crippen LogP contribution in [0.15, 0.2) is 42.5 Å². The SMILES string of the molecule is CC(C)c1cccc(C(C)C)c1N(C)C(=O)NC1(c2ccc(N(C)C)cc2)OC(C)C(C)O1. The normalized spacial score (nSPS) is 22.6. The molecule has 0 saturated carbocycles. The highest BCUT2D eigenvalue weighted by Crippen LogP contribution is 2.38. The quantitative estimate of drug-likeness (QED) is 0.602. The van der Waals surface area contributed by atoms with Crippen LogP contribution in [0.1, 0.15) is 70.1 Å². The molecule has 1 fully saturated rings. The molecule has 6 nitrogen and oxygen atoms in total. The van der Waals surface area contributed by atoms with E-state index < -0.39 is 5.91 Å². The van der Waals surface area contributed by atoms with Crippen molar-refractivity contribution >= 4 is 17.4 Å². The smallest absolute Gasteiger partial charge is 0.326 e. The highest BCUT2D eigenvalue weighted by atomic mass is 16.8. The average Bonchev–Trinajstić information content (AvgIpc) is 3.06. The van der Waals surface area contributed by atoms with Crippen LogP contribution in [-0.4, -0.2) is 39.4 Å². The molecule has 2 amide bonds. The number of carbonyl (C=O) groups is 1. The fraction of sp³-hybridized carbons (Fsp3) is 0.519. The molecule has 1 N–H and O–H groups in total. The van der Waals surface area contributed by atoms with E-state index in [4.69, 9.17) is 9.47 Å². The van der Waals surface area contributed by atoms with E-state index in [1.54, 1.807) is 4.90 Å². The molecule has 2 atom stereocenters. The zero-order valence-corrected chi connectivity index (χ0v) is 21.5. The molecule has 3 rings (SSSR count). The van der Waals surface area contributed by atoms with Crippen LogP contribution in [0.3, 0.4) is 0 Å². The summed E-state index contributed by atoms with van der Waals surface area (Å²) in [4.78, 5) is 17.4. The Morgan fingerprint density at radius 3 is 1.79 bits per heavy atom. The molecule has 0 spiro atoms. The Bertz CT molecular complexity index is 933. The Morgan fingerprint density at radius 2 is 1.36 bits per heavy atom. The Hall–Kier alpha value is -2.57. The van der Waals surface area contributed by atoms with Crippen molar-refractivity contribution in [2.45, 2.75) is 71.5 Å². The van der Waals surface area contributed by atoms with Gasteiger partial charge in [0.1, 0.15) is 0 Å². The minimum atomic E-state index is -1.35. The van der Waals surface area contributed by atoms with Gasteiger partial charge in [0.15, 0.2) is 0 Å². The third-order valence-electron chi connectivity index (χ3n) is 6.38. The van der Waals surface area contributed by atoms with Crippen LogP contribution in [0.25, 0.3) is 0 Å². The number of amides is 2. The molecule has 1 aliphatic rings. The third kappa shape index (κ3) is 5.02. The summed E-state index contributed by atoms with van der Waals surface area (Å²) in [7, 11) is 5.80. The zero-order valence-electron chi connectivity index (χ0n) is 21.5. The van der Waals surface area contributed by atoms with Crippen molar-refractivity contribution in [1.29, 1.82) is 0 Å². The number of hydrogen-bond acceptors (Lipinski definition) is 4. The van der Waals surface area contributed by atoms with Gasteiger partial charge in [-0.25, -0.2) is 4.79 Å². The minimum absolute atomic E-state index is 0.168. The predicted octanol–water partition coefficient (Wildman–Crippen LogP) is 5.78. The molecule has 1 aliphatic heterocycles. The number of para-hydroxylation sites is 1. The second kappa shape index (κ2) is 9.74. The first-order chi connectivity index (χ1) is 15.5. The van der Waals surface area contributed by atoms with Crippen LogP contribution in [0.4, 0.5) is 16.2 Å². The lowest BCUT2D eigenvalue weighted by atomic mass is 9.92. The van der Waals surface area contributed by atoms with Gasteiger partial charge in [0, 0.05) is 32.4 Å². The Kier molecular flexibility index (Phi) is 7.39. The van der Waals surface area contributed by atoms with Crippen molar-refractivity contribution in [3.05, 3.63) is 59.2 Å². The first-order valence-electron chi connectivity index (χ1n) is 11.8. The maximum absolute atomic E-state index is 13.7. The summed E-state index contributed by atoms with van der Waals surface area (Å²) in [6.45, 7) is 12.5. The van der Waals surface area contributed by atoms with Crippen LogP contribution >= 0.6 is 0 Å². The maximum Gasteiger partial charge on any atom is 0.326 e. The van der Waals surface area contributed by atoms with Gasteiger partial charge in [0.05, 0.1) is 17.9 Å². The van der Waals surface area contributed by atoms with Crippen molar-refractivity contribution in [3.8, 4) is 0 Å². The summed E-state index contributed by atoms with van der Waals surface area (Å²) in [6, 6.07) is 13.9. The van der Waals surface area contributed by atoms with Crippen molar-refractivity contribution in [3.63, 3.8) is 0 Å². The predicted molar refractivity (Wildman–Crippen MR) is 135 cm³/mol. The van der Waals surface area contributed by atoms with Gasteiger partial charge in [-0.2, -0.15) is 0 Å². The molecule has 2 aromatic rings. The Balaban J connectivity index is 1.99. The fourth-order valence-electron chi connectivity index (χ4n) is 4.21. The molecular weight excluding hydrogens is 414 g/mol. The minimum Gasteiger partial charge on any atom is -0.378 e. The highest BCUT2D eigenvalue weighted by molar-refractivity contribution is 5.94. The van der Waals surface area contributed by atoms with Crippen LogP contribution in [0, 0.1) is 0 Å². The van der Waals surface area contributed by atoms with Gasteiger partial charge in [-0.1, -0.05) is 45.9 Å². The molecule has 0 aromatic heterocycles. The van der Waals surface area contributed by atoms with E-state index in [0.717, 1.165) is 28.1 Å². The molecule has 2 aromatic carbocycles. The van der Waals surface area contributed by atoms with Crippen molar-refractivity contribution in [1.82, 2.24) is 5.32 Å².